The molecular weight excluding hydrogens is 590 g/mol. The van der Waals surface area contributed by atoms with Crippen molar-refractivity contribution in [3.63, 3.8) is 0 Å². The van der Waals surface area contributed by atoms with Crippen LogP contribution in [0.2, 0.25) is 0 Å². The Bertz CT molecular complexity index is 1600. The molecule has 0 spiro atoms. The molecule has 0 aromatic heterocycles. The van der Waals surface area contributed by atoms with Crippen LogP contribution >= 0.6 is 0 Å². The van der Waals surface area contributed by atoms with Crippen molar-refractivity contribution in [2.75, 3.05) is 88.8 Å². The minimum absolute atomic E-state index is 0.370. The van der Waals surface area contributed by atoms with Crippen molar-refractivity contribution in [2.45, 2.75) is 5.41 Å². The summed E-state index contributed by atoms with van der Waals surface area (Å²) >= 11 is 0. The summed E-state index contributed by atoms with van der Waals surface area (Å²) in [6.07, 6.45) is 0. The first-order chi connectivity index (χ1) is 23.3. The predicted molar refractivity (Wildman–Crippen MR) is 184 cm³/mol. The summed E-state index contributed by atoms with van der Waals surface area (Å²) in [4.78, 5) is 4.82. The van der Waals surface area contributed by atoms with E-state index in [1.807, 2.05) is 0 Å². The first-order valence-corrected chi connectivity index (χ1v) is 16.9. The van der Waals surface area contributed by atoms with E-state index in [1.54, 1.807) is 0 Å². The molecule has 0 radical (unpaired) electrons. The molecule has 1 aliphatic carbocycles. The molecule has 4 saturated heterocycles. The van der Waals surface area contributed by atoms with Crippen LogP contribution in [0.3, 0.4) is 0 Å². The second kappa shape index (κ2) is 12.4. The van der Waals surface area contributed by atoms with Crippen molar-refractivity contribution < 1.29 is 28.1 Å². The first-order valence-electron chi connectivity index (χ1n) is 16.9. The van der Waals surface area contributed by atoms with Gasteiger partial charge in [-0.3, -0.25) is 0 Å². The number of nitrogens with zero attached hydrogens (tertiary/aromatic N) is 2. The lowest BCUT2D eigenvalue weighted by Gasteiger charge is -2.36. The van der Waals surface area contributed by atoms with Gasteiger partial charge < -0.3 is 37.9 Å². The molecule has 47 heavy (non-hydrogen) atoms. The third-order valence-electron chi connectivity index (χ3n) is 10.3. The number of morpholine rings is 2. The zero-order valence-electron chi connectivity index (χ0n) is 26.6. The van der Waals surface area contributed by atoms with Crippen LogP contribution in [0, 0.1) is 0 Å². The average Bonchev–Trinajstić information content (AvgIpc) is 3.94. The van der Waals surface area contributed by atoms with Gasteiger partial charge in [0.1, 0.15) is 0 Å². The Hall–Kier alpha value is -3.63. The molecule has 4 aliphatic heterocycles. The number of hydrogen-bond acceptors (Lipinski definition) is 8. The predicted octanol–water partition coefficient (Wildman–Crippen LogP) is 3.21. The van der Waals surface area contributed by atoms with E-state index >= 15 is 0 Å². The van der Waals surface area contributed by atoms with Crippen molar-refractivity contribution in [2.24, 2.45) is 0 Å². The van der Waals surface area contributed by atoms with E-state index in [9.17, 15) is 0 Å². The lowest BCUT2D eigenvalue weighted by Crippen LogP contribution is -2.37. The second-order valence-electron chi connectivity index (χ2n) is 12.8. The Morgan fingerprint density at radius 3 is 1.21 bits per heavy atom. The normalized spacial score (nSPS) is 20.5. The van der Waals surface area contributed by atoms with Crippen LogP contribution in [0.5, 0.6) is 0 Å². The standard InChI is InChI=1S/C37H38B2N2O6/c1-7-31(40-13-17-42-18-14-40)8-2-27(1)37(28-3-9-32(10-4-28)41-15-19-43-20-16-41)35-25-29(38-44-21-22-45-38)5-11-33(35)34-12-6-30(26-36(34)37)39-46-23-24-47-39/h1-12,25-26H,13-24H2. The van der Waals surface area contributed by atoms with Crippen LogP contribution in [0.4, 0.5) is 11.4 Å². The van der Waals surface area contributed by atoms with Gasteiger partial charge in [-0.1, -0.05) is 60.7 Å². The maximum Gasteiger partial charge on any atom is 0.494 e. The van der Waals surface area contributed by atoms with Gasteiger partial charge in [0.05, 0.1) is 58.3 Å². The molecule has 238 valence electrons. The Morgan fingerprint density at radius 1 is 0.447 bits per heavy atom. The third kappa shape index (κ3) is 5.10. The van der Waals surface area contributed by atoms with Crippen molar-refractivity contribution >= 4 is 36.5 Å². The molecule has 0 bridgehead atoms. The third-order valence-corrected chi connectivity index (χ3v) is 10.3. The van der Waals surface area contributed by atoms with Crippen LogP contribution in [0.25, 0.3) is 11.1 Å². The van der Waals surface area contributed by atoms with Crippen LogP contribution in [-0.2, 0) is 33.5 Å². The largest absolute Gasteiger partial charge is 0.494 e. The number of benzene rings is 4. The molecule has 0 unspecified atom stereocenters. The zero-order chi connectivity index (χ0) is 31.2. The van der Waals surface area contributed by atoms with E-state index in [4.69, 9.17) is 28.1 Å². The van der Waals surface area contributed by atoms with Gasteiger partial charge in [-0.25, -0.2) is 0 Å². The maximum absolute atomic E-state index is 6.02. The van der Waals surface area contributed by atoms with Crippen molar-refractivity contribution in [3.8, 4) is 11.1 Å². The number of hydrogen-bond donors (Lipinski definition) is 0. The number of anilines is 2. The molecule has 4 aromatic rings. The summed E-state index contributed by atoms with van der Waals surface area (Å²) in [5.74, 6) is 0. The number of fused-ring (bicyclic) bond motifs is 3. The molecule has 0 N–H and O–H groups in total. The average molecular weight is 628 g/mol. The van der Waals surface area contributed by atoms with Gasteiger partial charge >= 0.3 is 14.2 Å². The molecule has 9 rings (SSSR count). The fourth-order valence-electron chi connectivity index (χ4n) is 8.03. The van der Waals surface area contributed by atoms with Crippen molar-refractivity contribution in [1.82, 2.24) is 0 Å². The molecule has 0 atom stereocenters. The summed E-state index contributed by atoms with van der Waals surface area (Å²) in [7, 11) is -0.741. The minimum atomic E-state index is -0.596. The highest BCUT2D eigenvalue weighted by Gasteiger charge is 2.48. The number of ether oxygens (including phenoxy) is 2. The fourth-order valence-corrected chi connectivity index (χ4v) is 8.03. The summed E-state index contributed by atoms with van der Waals surface area (Å²) in [5, 5.41) is 0. The van der Waals surface area contributed by atoms with Crippen molar-refractivity contribution in [1.29, 1.82) is 0 Å². The Morgan fingerprint density at radius 2 is 0.830 bits per heavy atom. The lowest BCUT2D eigenvalue weighted by molar-refractivity contribution is 0.122. The molecule has 10 heteroatoms. The van der Waals surface area contributed by atoms with Crippen LogP contribution in [0.15, 0.2) is 84.9 Å². The Labute approximate surface area is 276 Å². The lowest BCUT2D eigenvalue weighted by atomic mass is 9.65. The summed E-state index contributed by atoms with van der Waals surface area (Å²) in [5.41, 5.74) is 11.2. The monoisotopic (exact) mass is 628 g/mol. The molecule has 0 saturated carbocycles. The SMILES string of the molecule is c1cc2c(cc1B1OCCO1)C(c1ccc(N3CCOCC3)cc1)(c1ccc(N3CCOCC3)cc1)c1cc(B3OCCO3)ccc1-2. The van der Waals surface area contributed by atoms with Gasteiger partial charge in [0.25, 0.3) is 0 Å². The molecule has 4 heterocycles. The highest BCUT2D eigenvalue weighted by molar-refractivity contribution is 6.62. The highest BCUT2D eigenvalue weighted by Crippen LogP contribution is 2.56. The van der Waals surface area contributed by atoms with E-state index in [0.29, 0.717) is 26.4 Å². The first kappa shape index (κ1) is 29.5. The summed E-state index contributed by atoms with van der Waals surface area (Å²) < 4.78 is 35.4. The van der Waals surface area contributed by atoms with Crippen molar-refractivity contribution in [3.05, 3.63) is 107 Å². The van der Waals surface area contributed by atoms with Gasteiger partial charge in [0.15, 0.2) is 0 Å². The van der Waals surface area contributed by atoms with E-state index < -0.39 is 5.41 Å². The minimum Gasteiger partial charge on any atom is -0.405 e. The van der Waals surface area contributed by atoms with Gasteiger partial charge in [-0.05, 0) is 68.6 Å². The second-order valence-corrected chi connectivity index (χ2v) is 12.8. The molecular formula is C37H38B2N2O6. The quantitative estimate of drug-likeness (QED) is 0.266. The van der Waals surface area contributed by atoms with E-state index in [-0.39, 0.29) is 14.2 Å². The van der Waals surface area contributed by atoms with E-state index in [1.165, 1.54) is 44.8 Å². The summed E-state index contributed by atoms with van der Waals surface area (Å²) in [6, 6.07) is 31.9. The van der Waals surface area contributed by atoms with Gasteiger partial charge in [-0.2, -0.15) is 0 Å². The van der Waals surface area contributed by atoms with E-state index in [0.717, 1.165) is 63.5 Å². The molecule has 4 fully saturated rings. The highest BCUT2D eigenvalue weighted by atomic mass is 16.6. The fraction of sp³-hybridized carbons (Fsp3) is 0.351. The van der Waals surface area contributed by atoms with Crippen LogP contribution in [-0.4, -0.2) is 93.3 Å². The van der Waals surface area contributed by atoms with E-state index in [2.05, 4.69) is 94.7 Å². The van der Waals surface area contributed by atoms with Crippen LogP contribution in [0.1, 0.15) is 22.3 Å². The maximum atomic E-state index is 6.02. The molecule has 4 aromatic carbocycles. The van der Waals surface area contributed by atoms with Gasteiger partial charge in [-0.15, -0.1) is 0 Å². The number of rotatable bonds is 6. The topological polar surface area (TPSA) is 61.9 Å². The summed E-state index contributed by atoms with van der Waals surface area (Å²) in [6.45, 7) is 9.01. The molecule has 5 aliphatic rings. The Balaban J connectivity index is 1.25. The van der Waals surface area contributed by atoms with Gasteiger partial charge in [0, 0.05) is 37.6 Å². The van der Waals surface area contributed by atoms with Crippen LogP contribution < -0.4 is 20.7 Å². The molecule has 0 amide bonds. The smallest absolute Gasteiger partial charge is 0.405 e. The zero-order valence-corrected chi connectivity index (χ0v) is 26.6. The Kier molecular flexibility index (Phi) is 7.80. The van der Waals surface area contributed by atoms with Gasteiger partial charge in [0.2, 0.25) is 0 Å². The molecule has 8 nitrogen and oxygen atoms in total.